The van der Waals surface area contributed by atoms with E-state index in [-0.39, 0.29) is 11.0 Å². The number of rotatable bonds is 3. The average Bonchev–Trinajstić information content (AvgIpc) is 3.60. The number of ether oxygens (including phenoxy) is 1. The van der Waals surface area contributed by atoms with Crippen LogP contribution < -0.4 is 10.5 Å². The normalized spacial score (nSPS) is 20.5. The van der Waals surface area contributed by atoms with Gasteiger partial charge >= 0.3 is 0 Å². The summed E-state index contributed by atoms with van der Waals surface area (Å²) < 4.78 is 38.4. The molecule has 3 aromatic heterocycles. The zero-order valence-corrected chi connectivity index (χ0v) is 23.9. The van der Waals surface area contributed by atoms with E-state index in [0.717, 1.165) is 61.0 Å². The van der Waals surface area contributed by atoms with Crippen LogP contribution in [0.3, 0.4) is 0 Å². The van der Waals surface area contributed by atoms with Crippen molar-refractivity contribution in [1.82, 2.24) is 15.0 Å². The minimum atomic E-state index is -2.69. The van der Waals surface area contributed by atoms with E-state index in [1.54, 1.807) is 6.20 Å². The van der Waals surface area contributed by atoms with Crippen LogP contribution in [0.1, 0.15) is 50.9 Å². The Hall–Kier alpha value is -3.49. The second kappa shape index (κ2) is 12.8. The third-order valence-corrected chi connectivity index (χ3v) is 7.98. The monoisotopic (exact) mass is 616 g/mol. The summed E-state index contributed by atoms with van der Waals surface area (Å²) in [7, 11) is 0. The van der Waals surface area contributed by atoms with Gasteiger partial charge < -0.3 is 24.1 Å². The molecule has 2 saturated heterocycles. The molecule has 0 amide bonds. The van der Waals surface area contributed by atoms with E-state index in [1.807, 2.05) is 35.2 Å². The molecule has 0 aliphatic carbocycles. The summed E-state index contributed by atoms with van der Waals surface area (Å²) in [6.45, 7) is 7.36. The van der Waals surface area contributed by atoms with Crippen LogP contribution in [0, 0.1) is 18.4 Å². The summed E-state index contributed by atoms with van der Waals surface area (Å²) in [4.78, 5) is 24.7. The van der Waals surface area contributed by atoms with Crippen LogP contribution in [-0.2, 0) is 10.2 Å². The molecule has 8 nitrogen and oxygen atoms in total. The SMILES string of the molecule is C#CO.CC1COCCC1(C)c1cc(Br)c[nH]c1=O.FC(F)c1nc(N2CCCC2)c2oc3ccccc3c2n1. The van der Waals surface area contributed by atoms with Gasteiger partial charge in [0, 0.05) is 53.3 Å². The Balaban J connectivity index is 0.000000174. The van der Waals surface area contributed by atoms with Crippen molar-refractivity contribution in [3.63, 3.8) is 0 Å². The van der Waals surface area contributed by atoms with Gasteiger partial charge in [0.25, 0.3) is 12.0 Å². The van der Waals surface area contributed by atoms with E-state index in [0.29, 0.717) is 28.4 Å². The Morgan fingerprint density at radius 2 is 1.98 bits per heavy atom. The molecule has 0 spiro atoms. The van der Waals surface area contributed by atoms with Crippen LogP contribution in [0.5, 0.6) is 0 Å². The average molecular weight is 617 g/mol. The first-order chi connectivity index (χ1) is 19.2. The fourth-order valence-electron chi connectivity index (χ4n) is 5.09. The first-order valence-corrected chi connectivity index (χ1v) is 13.8. The highest BCUT2D eigenvalue weighted by molar-refractivity contribution is 9.10. The summed E-state index contributed by atoms with van der Waals surface area (Å²) in [5.41, 5.74) is 2.40. The van der Waals surface area contributed by atoms with E-state index < -0.39 is 12.2 Å². The van der Waals surface area contributed by atoms with Crippen LogP contribution in [0.2, 0.25) is 0 Å². The van der Waals surface area contributed by atoms with E-state index >= 15 is 0 Å². The van der Waals surface area contributed by atoms with Crippen molar-refractivity contribution in [2.75, 3.05) is 31.2 Å². The quantitative estimate of drug-likeness (QED) is 0.260. The van der Waals surface area contributed by atoms with Gasteiger partial charge in [-0.15, -0.1) is 0 Å². The van der Waals surface area contributed by atoms with Crippen molar-refractivity contribution in [3.8, 4) is 12.5 Å². The number of hydrogen-bond donors (Lipinski definition) is 2. The third-order valence-electron chi connectivity index (χ3n) is 7.52. The maximum Gasteiger partial charge on any atom is 0.297 e. The van der Waals surface area contributed by atoms with Crippen LogP contribution in [0.15, 0.2) is 50.2 Å². The molecule has 0 bridgehead atoms. The number of terminal acetylenes is 1. The molecular formula is C29H31BrF2N4O4. The number of benzene rings is 1. The maximum absolute atomic E-state index is 13.1. The van der Waals surface area contributed by atoms with E-state index in [1.165, 1.54) is 6.11 Å². The lowest BCUT2D eigenvalue weighted by atomic mass is 9.70. The molecule has 212 valence electrons. The first kappa shape index (κ1) is 29.5. The van der Waals surface area contributed by atoms with Gasteiger partial charge in [-0.1, -0.05) is 32.4 Å². The summed E-state index contributed by atoms with van der Waals surface area (Å²) in [5, 5.41) is 7.84. The van der Waals surface area contributed by atoms with Crippen molar-refractivity contribution in [2.45, 2.75) is 45.0 Å². The van der Waals surface area contributed by atoms with Crippen molar-refractivity contribution in [3.05, 3.63) is 62.7 Å². The fourth-order valence-corrected chi connectivity index (χ4v) is 5.43. The summed E-state index contributed by atoms with van der Waals surface area (Å²) in [6, 6.07) is 9.27. The number of anilines is 1. The van der Waals surface area contributed by atoms with Crippen molar-refractivity contribution < 1.29 is 23.0 Å². The highest BCUT2D eigenvalue weighted by atomic mass is 79.9. The van der Waals surface area contributed by atoms with Gasteiger partial charge in [-0.2, -0.15) is 0 Å². The van der Waals surface area contributed by atoms with Gasteiger partial charge in [-0.05, 0) is 59.3 Å². The largest absolute Gasteiger partial charge is 0.462 e. The number of fused-ring (bicyclic) bond motifs is 3. The Labute approximate surface area is 238 Å². The standard InChI is InChI=1S/C15H13F2N3O.C12H16BrNO2.C2H2O/c16-13(17)14-18-11-9-5-1-2-6-10(9)21-12(11)15(19-14)20-7-3-4-8-20;1-8-7-16-4-3-12(8,2)10-5-9(13)6-14-11(10)15;1-2-3/h1-2,5-6,13H,3-4,7-8H2;5-6,8H,3-4,7H2,1-2H3,(H,14,15);1,3H. The van der Waals surface area contributed by atoms with Crippen molar-refractivity contribution in [1.29, 1.82) is 0 Å². The second-order valence-corrected chi connectivity index (χ2v) is 10.9. The molecule has 2 unspecified atom stereocenters. The van der Waals surface area contributed by atoms with Crippen molar-refractivity contribution in [2.24, 2.45) is 5.92 Å². The van der Waals surface area contributed by atoms with Crippen LogP contribution in [0.25, 0.3) is 22.1 Å². The number of para-hydroxylation sites is 1. The number of halogens is 3. The summed E-state index contributed by atoms with van der Waals surface area (Å²) >= 11 is 3.41. The Morgan fingerprint density at radius 1 is 1.27 bits per heavy atom. The predicted molar refractivity (Wildman–Crippen MR) is 153 cm³/mol. The molecule has 40 heavy (non-hydrogen) atoms. The number of alkyl halides is 2. The number of H-pyrrole nitrogens is 1. The second-order valence-electron chi connectivity index (χ2n) is 10.0. The molecule has 0 saturated carbocycles. The van der Waals surface area contributed by atoms with E-state index in [4.69, 9.17) is 14.3 Å². The number of furan rings is 1. The zero-order chi connectivity index (χ0) is 28.9. The molecule has 2 N–H and O–H groups in total. The van der Waals surface area contributed by atoms with Gasteiger partial charge in [0.2, 0.25) is 0 Å². The van der Waals surface area contributed by atoms with Gasteiger partial charge in [0.15, 0.2) is 17.2 Å². The van der Waals surface area contributed by atoms with Gasteiger partial charge in [-0.3, -0.25) is 4.79 Å². The molecule has 11 heteroatoms. The Kier molecular flexibility index (Phi) is 9.43. The maximum atomic E-state index is 13.1. The molecule has 6 rings (SSSR count). The molecular weight excluding hydrogens is 586 g/mol. The molecule has 2 fully saturated rings. The van der Waals surface area contributed by atoms with Crippen LogP contribution in [-0.4, -0.2) is 46.4 Å². The smallest absolute Gasteiger partial charge is 0.297 e. The first-order valence-electron chi connectivity index (χ1n) is 13.0. The highest BCUT2D eigenvalue weighted by Crippen LogP contribution is 2.38. The topological polar surface area (TPSA) is 104 Å². The third kappa shape index (κ3) is 6.13. The lowest BCUT2D eigenvalue weighted by Gasteiger charge is -2.39. The number of hydrogen-bond acceptors (Lipinski definition) is 7. The fraction of sp³-hybridized carbons (Fsp3) is 0.414. The Bertz CT molecular complexity index is 1560. The molecule has 2 aliphatic rings. The molecule has 4 aromatic rings. The Morgan fingerprint density at radius 3 is 2.65 bits per heavy atom. The number of aliphatic hydroxyl groups excluding tert-OH is 1. The summed E-state index contributed by atoms with van der Waals surface area (Å²) in [5.74, 6) is 0.414. The van der Waals surface area contributed by atoms with Gasteiger partial charge in [0.05, 0.1) is 0 Å². The molecule has 5 heterocycles. The van der Waals surface area contributed by atoms with Crippen molar-refractivity contribution >= 4 is 43.8 Å². The minimum Gasteiger partial charge on any atom is -0.462 e. The minimum absolute atomic E-state index is 0.0134. The van der Waals surface area contributed by atoms with Crippen LogP contribution in [0.4, 0.5) is 14.6 Å². The number of aromatic nitrogens is 3. The predicted octanol–water partition coefficient (Wildman–Crippen LogP) is 6.31. The van der Waals surface area contributed by atoms with Crippen LogP contribution >= 0.6 is 15.9 Å². The van der Waals surface area contributed by atoms with E-state index in [9.17, 15) is 13.6 Å². The lowest BCUT2D eigenvalue weighted by molar-refractivity contribution is 0.0120. The zero-order valence-electron chi connectivity index (χ0n) is 22.3. The number of nitrogens with zero attached hydrogens (tertiary/aromatic N) is 3. The number of nitrogens with one attached hydrogen (secondary N) is 1. The molecule has 0 radical (unpaired) electrons. The van der Waals surface area contributed by atoms with Gasteiger partial charge in [-0.25, -0.2) is 18.7 Å². The molecule has 2 atom stereocenters. The van der Waals surface area contributed by atoms with E-state index in [2.05, 4.69) is 51.2 Å². The number of aliphatic hydroxyl groups is 1. The number of aromatic amines is 1. The molecule has 2 aliphatic heterocycles. The molecule has 1 aromatic carbocycles. The van der Waals surface area contributed by atoms with Gasteiger partial charge in [0.1, 0.15) is 17.2 Å². The number of pyridine rings is 1. The highest BCUT2D eigenvalue weighted by Gasteiger charge is 2.38. The lowest BCUT2D eigenvalue weighted by Crippen LogP contribution is -2.42. The summed E-state index contributed by atoms with van der Waals surface area (Å²) in [6.07, 6.45) is 7.36.